The number of halogens is 1. The number of sulfone groups is 1. The van der Waals surface area contributed by atoms with E-state index in [4.69, 9.17) is 0 Å². The van der Waals surface area contributed by atoms with Gasteiger partial charge in [0.05, 0.1) is 18.3 Å². The van der Waals surface area contributed by atoms with Gasteiger partial charge in [0.1, 0.15) is 5.82 Å². The van der Waals surface area contributed by atoms with Crippen LogP contribution in [-0.2, 0) is 26.8 Å². The van der Waals surface area contributed by atoms with E-state index < -0.39 is 15.7 Å². The van der Waals surface area contributed by atoms with E-state index in [-0.39, 0.29) is 29.8 Å². The summed E-state index contributed by atoms with van der Waals surface area (Å²) < 4.78 is 36.8. The number of aryl methyl sites for hydroxylation is 1. The van der Waals surface area contributed by atoms with Gasteiger partial charge < -0.3 is 10.2 Å². The normalized spacial score (nSPS) is 16.3. The fraction of sp³-hybridized carbons (Fsp3) is 0.381. The molecule has 0 aliphatic heterocycles. The molecule has 3 rings (SSSR count). The maximum atomic E-state index is 14.1. The zero-order chi connectivity index (χ0) is 20.3. The maximum absolute atomic E-state index is 14.1. The first-order valence-corrected chi connectivity index (χ1v) is 11.3. The Morgan fingerprint density at radius 3 is 2.71 bits per heavy atom. The number of carbonyl (C=O) groups excluding carboxylic acids is 1. The second-order valence-electron chi connectivity index (χ2n) is 7.34. The molecule has 150 valence electrons. The number of anilines is 1. The number of amides is 1. The fourth-order valence-corrected chi connectivity index (χ4v) is 4.46. The number of likely N-dealkylation sites (N-methyl/N-ethyl adjacent to an activating group) is 1. The third-order valence-corrected chi connectivity index (χ3v) is 5.95. The van der Waals surface area contributed by atoms with Crippen LogP contribution < -0.4 is 5.32 Å². The number of nitrogens with one attached hydrogen (secondary N) is 1. The van der Waals surface area contributed by atoms with Gasteiger partial charge in [0.2, 0.25) is 5.91 Å². The summed E-state index contributed by atoms with van der Waals surface area (Å²) in [5, 5.41) is 2.94. The lowest BCUT2D eigenvalue weighted by Gasteiger charge is -2.33. The number of benzene rings is 2. The molecule has 0 heterocycles. The van der Waals surface area contributed by atoms with Crippen molar-refractivity contribution in [2.45, 2.75) is 31.1 Å². The summed E-state index contributed by atoms with van der Waals surface area (Å²) in [5.41, 5.74) is 3.05. The second kappa shape index (κ2) is 8.31. The van der Waals surface area contributed by atoms with E-state index in [1.165, 1.54) is 23.3 Å². The highest BCUT2D eigenvalue weighted by Crippen LogP contribution is 2.33. The molecule has 5 nitrogen and oxygen atoms in total. The highest BCUT2D eigenvalue weighted by atomic mass is 32.2. The predicted octanol–water partition coefficient (Wildman–Crippen LogP) is 3.32. The smallest absolute Gasteiger partial charge is 0.242 e. The highest BCUT2D eigenvalue weighted by Gasteiger charge is 2.26. The molecular formula is C21H25FN2O3S. The number of hydrogen-bond acceptors (Lipinski definition) is 4. The van der Waals surface area contributed by atoms with Crippen molar-refractivity contribution in [3.05, 3.63) is 65.0 Å². The molecule has 1 aliphatic rings. The van der Waals surface area contributed by atoms with Crippen LogP contribution in [-0.4, -0.2) is 39.1 Å². The molecule has 0 saturated heterocycles. The van der Waals surface area contributed by atoms with E-state index in [9.17, 15) is 17.6 Å². The average molecular weight is 405 g/mol. The van der Waals surface area contributed by atoms with Gasteiger partial charge in [-0.25, -0.2) is 12.8 Å². The maximum Gasteiger partial charge on any atom is 0.242 e. The topological polar surface area (TPSA) is 66.5 Å². The first-order valence-electron chi connectivity index (χ1n) is 9.28. The van der Waals surface area contributed by atoms with Crippen LogP contribution in [0, 0.1) is 5.82 Å². The number of carbonyl (C=O) groups is 1. The zero-order valence-electron chi connectivity index (χ0n) is 16.1. The largest absolute Gasteiger partial charge is 0.376 e. The Bertz CT molecular complexity index is 975. The van der Waals surface area contributed by atoms with Crippen LogP contribution in [0.25, 0.3) is 0 Å². The van der Waals surface area contributed by atoms with Crippen LogP contribution in [0.1, 0.15) is 35.6 Å². The zero-order valence-corrected chi connectivity index (χ0v) is 16.9. The lowest BCUT2D eigenvalue weighted by Crippen LogP contribution is -2.37. The van der Waals surface area contributed by atoms with Gasteiger partial charge in [0.15, 0.2) is 9.84 Å². The Morgan fingerprint density at radius 2 is 2.00 bits per heavy atom. The quantitative estimate of drug-likeness (QED) is 0.802. The van der Waals surface area contributed by atoms with Crippen LogP contribution in [0.3, 0.4) is 0 Å². The summed E-state index contributed by atoms with van der Waals surface area (Å²) in [6.45, 7) is 0.0417. The van der Waals surface area contributed by atoms with Gasteiger partial charge in [0.25, 0.3) is 0 Å². The van der Waals surface area contributed by atoms with Gasteiger partial charge in [-0.2, -0.15) is 0 Å². The molecule has 2 aromatic carbocycles. The minimum Gasteiger partial charge on any atom is -0.376 e. The molecule has 0 radical (unpaired) electrons. The molecule has 1 aliphatic carbocycles. The highest BCUT2D eigenvalue weighted by molar-refractivity contribution is 7.89. The van der Waals surface area contributed by atoms with Crippen molar-refractivity contribution < 1.29 is 17.6 Å². The summed E-state index contributed by atoms with van der Waals surface area (Å²) >= 11 is 0. The van der Waals surface area contributed by atoms with Gasteiger partial charge in [-0.1, -0.05) is 30.3 Å². The number of rotatable bonds is 6. The second-order valence-corrected chi connectivity index (χ2v) is 9.48. The van der Waals surface area contributed by atoms with Crippen molar-refractivity contribution >= 4 is 21.4 Å². The first kappa shape index (κ1) is 20.3. The minimum atomic E-state index is -3.31. The van der Waals surface area contributed by atoms with Crippen molar-refractivity contribution in [1.82, 2.24) is 4.90 Å². The van der Waals surface area contributed by atoms with Crippen LogP contribution in [0.15, 0.2) is 42.5 Å². The van der Waals surface area contributed by atoms with Crippen LogP contribution in [0.4, 0.5) is 10.1 Å². The molecule has 1 unspecified atom stereocenters. The van der Waals surface area contributed by atoms with Crippen molar-refractivity contribution in [2.24, 2.45) is 0 Å². The summed E-state index contributed by atoms with van der Waals surface area (Å²) in [5.74, 6) is -1.03. The third kappa shape index (κ3) is 4.90. The van der Waals surface area contributed by atoms with Gasteiger partial charge in [-0.3, -0.25) is 4.79 Å². The fourth-order valence-electron chi connectivity index (χ4n) is 3.66. The number of fused-ring (bicyclic) bond motifs is 1. The molecule has 28 heavy (non-hydrogen) atoms. The average Bonchev–Trinajstić information content (AvgIpc) is 2.66. The van der Waals surface area contributed by atoms with Crippen LogP contribution in [0.5, 0.6) is 0 Å². The summed E-state index contributed by atoms with van der Waals surface area (Å²) in [6.07, 6.45) is 4.07. The molecule has 2 aromatic rings. The van der Waals surface area contributed by atoms with E-state index in [0.717, 1.165) is 25.5 Å². The van der Waals surface area contributed by atoms with Gasteiger partial charge in [-0.15, -0.1) is 0 Å². The molecule has 1 atom stereocenters. The van der Waals surface area contributed by atoms with Crippen LogP contribution in [0.2, 0.25) is 0 Å². The Labute approximate surface area is 165 Å². The monoisotopic (exact) mass is 404 g/mol. The lowest BCUT2D eigenvalue weighted by atomic mass is 9.87. The van der Waals surface area contributed by atoms with Crippen molar-refractivity contribution in [1.29, 1.82) is 0 Å². The molecule has 0 fully saturated rings. The molecule has 7 heteroatoms. The van der Waals surface area contributed by atoms with Crippen molar-refractivity contribution in [3.8, 4) is 0 Å². The molecular weight excluding hydrogens is 379 g/mol. The summed E-state index contributed by atoms with van der Waals surface area (Å²) in [6, 6.07) is 12.5. The van der Waals surface area contributed by atoms with Crippen molar-refractivity contribution in [3.63, 3.8) is 0 Å². The summed E-state index contributed by atoms with van der Waals surface area (Å²) in [4.78, 5) is 14.4. The van der Waals surface area contributed by atoms with Crippen molar-refractivity contribution in [2.75, 3.05) is 25.2 Å². The number of hydrogen-bond donors (Lipinski definition) is 1. The van der Waals surface area contributed by atoms with E-state index in [1.807, 2.05) is 12.1 Å². The Balaban J connectivity index is 1.64. The van der Waals surface area contributed by atoms with Gasteiger partial charge in [-0.05, 0) is 42.5 Å². The standard InChI is InChI=1S/C21H25FN2O3S/c1-24(20-9-5-7-15-6-3-4-8-18(15)20)21(25)13-23-17-11-10-16(19(22)12-17)14-28(2,26)27/h3-4,6,8,10-12,20,23H,5,7,9,13-14H2,1-2H3. The van der Waals surface area contributed by atoms with Gasteiger partial charge >= 0.3 is 0 Å². The Kier molecular flexibility index (Phi) is 6.03. The van der Waals surface area contributed by atoms with Crippen LogP contribution >= 0.6 is 0 Å². The molecule has 0 bridgehead atoms. The van der Waals surface area contributed by atoms with E-state index in [0.29, 0.717) is 5.69 Å². The van der Waals surface area contributed by atoms with E-state index >= 15 is 0 Å². The Hall–Kier alpha value is -2.41. The number of nitrogens with zero attached hydrogens (tertiary/aromatic N) is 1. The van der Waals surface area contributed by atoms with E-state index in [1.54, 1.807) is 18.0 Å². The SMILES string of the molecule is CN(C(=O)CNc1ccc(CS(C)(=O)=O)c(F)c1)C1CCCc2ccccc21. The lowest BCUT2D eigenvalue weighted by molar-refractivity contribution is -0.130. The predicted molar refractivity (Wildman–Crippen MR) is 108 cm³/mol. The molecule has 1 amide bonds. The third-order valence-electron chi connectivity index (χ3n) is 5.11. The molecule has 1 N–H and O–H groups in total. The minimum absolute atomic E-state index is 0.0417. The van der Waals surface area contributed by atoms with Gasteiger partial charge in [0, 0.05) is 24.6 Å². The summed E-state index contributed by atoms with van der Waals surface area (Å²) in [7, 11) is -1.51. The molecule has 0 aromatic heterocycles. The first-order chi connectivity index (χ1) is 13.2. The molecule has 0 spiro atoms. The molecule has 0 saturated carbocycles. The van der Waals surface area contributed by atoms with E-state index in [2.05, 4.69) is 17.4 Å². The Morgan fingerprint density at radius 1 is 1.25 bits per heavy atom.